The van der Waals surface area contributed by atoms with Crippen LogP contribution >= 0.6 is 0 Å². The van der Waals surface area contributed by atoms with E-state index in [1.165, 1.54) is 0 Å². The minimum absolute atomic E-state index is 0.0551. The van der Waals surface area contributed by atoms with Crippen molar-refractivity contribution >= 4 is 11.6 Å². The van der Waals surface area contributed by atoms with E-state index >= 15 is 0 Å². The number of methoxy groups -OCH3 is 2. The van der Waals surface area contributed by atoms with Gasteiger partial charge in [0.1, 0.15) is 0 Å². The van der Waals surface area contributed by atoms with Crippen molar-refractivity contribution in [3.63, 3.8) is 0 Å². The lowest BCUT2D eigenvalue weighted by molar-refractivity contribution is 0.0996. The van der Waals surface area contributed by atoms with Crippen molar-refractivity contribution < 1.29 is 14.3 Å². The van der Waals surface area contributed by atoms with E-state index < -0.39 is 0 Å². The monoisotopic (exact) mass is 404 g/mol. The molecule has 0 spiro atoms. The molecular formula is C23H24N4O3. The molecule has 3 aromatic rings. The van der Waals surface area contributed by atoms with E-state index in [9.17, 15) is 4.79 Å². The smallest absolute Gasteiger partial charge is 0.260 e. The van der Waals surface area contributed by atoms with E-state index in [-0.39, 0.29) is 11.3 Å². The normalized spacial score (nSPS) is 13.4. The number of carbonyl (C=O) groups is 1. The summed E-state index contributed by atoms with van der Waals surface area (Å²) in [5.74, 6) is 0.887. The molecule has 0 unspecified atom stereocenters. The Morgan fingerprint density at radius 3 is 2.53 bits per heavy atom. The van der Waals surface area contributed by atoms with Gasteiger partial charge in [-0.2, -0.15) is 0 Å². The third-order valence-corrected chi connectivity index (χ3v) is 5.11. The van der Waals surface area contributed by atoms with E-state index in [4.69, 9.17) is 14.5 Å². The molecule has 30 heavy (non-hydrogen) atoms. The zero-order valence-corrected chi connectivity index (χ0v) is 17.8. The largest absolute Gasteiger partial charge is 0.491 e. The number of hydrogen-bond acceptors (Lipinski definition) is 6. The number of hydrogen-bond donors (Lipinski definition) is 0. The molecule has 0 bridgehead atoms. The van der Waals surface area contributed by atoms with Crippen molar-refractivity contribution in [2.24, 2.45) is 0 Å². The van der Waals surface area contributed by atoms with Crippen molar-refractivity contribution in [1.29, 1.82) is 0 Å². The van der Waals surface area contributed by atoms with Crippen molar-refractivity contribution in [1.82, 2.24) is 15.0 Å². The van der Waals surface area contributed by atoms with Crippen LogP contribution in [0.4, 0.5) is 5.69 Å². The average Bonchev–Trinajstić information content (AvgIpc) is 3.08. The van der Waals surface area contributed by atoms with Crippen LogP contribution in [0.5, 0.6) is 11.6 Å². The second-order valence-corrected chi connectivity index (χ2v) is 8.17. The molecule has 0 saturated carbocycles. The van der Waals surface area contributed by atoms with Crippen molar-refractivity contribution in [2.45, 2.75) is 32.7 Å². The van der Waals surface area contributed by atoms with Gasteiger partial charge in [0.15, 0.2) is 5.75 Å². The molecule has 1 aliphatic heterocycles. The summed E-state index contributed by atoms with van der Waals surface area (Å²) in [5, 5.41) is 0. The molecule has 0 N–H and O–H groups in total. The molecule has 3 aromatic heterocycles. The van der Waals surface area contributed by atoms with Gasteiger partial charge < -0.3 is 14.4 Å². The average molecular weight is 404 g/mol. The molecule has 0 atom stereocenters. The fourth-order valence-electron chi connectivity index (χ4n) is 3.42. The molecule has 1 aliphatic rings. The SMILES string of the molecule is COc1cc(-c2ccc3c(n2)CN(c2ccnc(C(C)(C)C)c2)C3=O)cnc1OC. The number of pyridine rings is 3. The standard InChI is InChI=1S/C23H24N4O3/c1-23(2,3)20-11-15(8-9-24-20)27-13-18-16(22(27)28)6-7-17(26-18)14-10-19(29-4)21(30-5)25-12-14/h6-12H,13H2,1-5H3. The highest BCUT2D eigenvalue weighted by Crippen LogP contribution is 2.33. The molecule has 4 heterocycles. The summed E-state index contributed by atoms with van der Waals surface area (Å²) in [6, 6.07) is 9.31. The molecular weight excluding hydrogens is 380 g/mol. The summed E-state index contributed by atoms with van der Waals surface area (Å²) in [6.45, 7) is 6.72. The molecule has 0 saturated heterocycles. The second-order valence-electron chi connectivity index (χ2n) is 8.17. The molecule has 7 nitrogen and oxygen atoms in total. The van der Waals surface area contributed by atoms with Gasteiger partial charge >= 0.3 is 0 Å². The zero-order valence-electron chi connectivity index (χ0n) is 17.8. The van der Waals surface area contributed by atoms with Crippen molar-refractivity contribution in [2.75, 3.05) is 19.1 Å². The van der Waals surface area contributed by atoms with Gasteiger partial charge in [-0.1, -0.05) is 20.8 Å². The third-order valence-electron chi connectivity index (χ3n) is 5.11. The molecule has 1 amide bonds. The van der Waals surface area contributed by atoms with Crippen LogP contribution in [0.3, 0.4) is 0 Å². The van der Waals surface area contributed by atoms with Gasteiger partial charge in [0.2, 0.25) is 0 Å². The quantitative estimate of drug-likeness (QED) is 0.654. The maximum absolute atomic E-state index is 13.0. The Labute approximate surface area is 175 Å². The highest BCUT2D eigenvalue weighted by molar-refractivity contribution is 6.09. The highest BCUT2D eigenvalue weighted by atomic mass is 16.5. The Kier molecular flexibility index (Phi) is 4.89. The minimum Gasteiger partial charge on any atom is -0.491 e. The molecule has 7 heteroatoms. The first kappa shape index (κ1) is 19.8. The van der Waals surface area contributed by atoms with E-state index in [0.717, 1.165) is 28.3 Å². The van der Waals surface area contributed by atoms with Crippen LogP contribution in [0.2, 0.25) is 0 Å². The Balaban J connectivity index is 1.67. The Morgan fingerprint density at radius 2 is 1.83 bits per heavy atom. The molecule has 154 valence electrons. The zero-order chi connectivity index (χ0) is 21.5. The number of anilines is 1. The van der Waals surface area contributed by atoms with Crippen LogP contribution in [0.15, 0.2) is 42.7 Å². The Bertz CT molecular complexity index is 1120. The van der Waals surface area contributed by atoms with Crippen LogP contribution < -0.4 is 14.4 Å². The maximum atomic E-state index is 13.0. The van der Waals surface area contributed by atoms with Crippen molar-refractivity contribution in [3.8, 4) is 22.9 Å². The first-order valence-corrected chi connectivity index (χ1v) is 9.68. The number of amides is 1. The summed E-state index contributed by atoms with van der Waals surface area (Å²) in [4.78, 5) is 28.2. The van der Waals surface area contributed by atoms with Gasteiger partial charge in [-0.25, -0.2) is 4.98 Å². The topological polar surface area (TPSA) is 77.4 Å². The fraction of sp³-hybridized carbons (Fsp3) is 0.304. The summed E-state index contributed by atoms with van der Waals surface area (Å²) in [5.41, 5.74) is 4.53. The van der Waals surface area contributed by atoms with Gasteiger partial charge in [0.25, 0.3) is 11.8 Å². The summed E-state index contributed by atoms with van der Waals surface area (Å²) in [7, 11) is 3.11. The first-order chi connectivity index (χ1) is 14.3. The van der Waals surface area contributed by atoms with Crippen LogP contribution in [0.25, 0.3) is 11.3 Å². The van der Waals surface area contributed by atoms with E-state index in [2.05, 4.69) is 30.7 Å². The predicted molar refractivity (Wildman–Crippen MR) is 114 cm³/mol. The molecule has 0 radical (unpaired) electrons. The number of ether oxygens (including phenoxy) is 2. The van der Waals surface area contributed by atoms with Crippen LogP contribution in [-0.2, 0) is 12.0 Å². The third kappa shape index (κ3) is 3.47. The lowest BCUT2D eigenvalue weighted by atomic mass is 9.91. The predicted octanol–water partition coefficient (Wildman–Crippen LogP) is 4.01. The van der Waals surface area contributed by atoms with Gasteiger partial charge in [0.05, 0.1) is 37.7 Å². The van der Waals surface area contributed by atoms with Gasteiger partial charge in [-0.3, -0.25) is 14.8 Å². The van der Waals surface area contributed by atoms with Crippen LogP contribution in [0.1, 0.15) is 42.5 Å². The summed E-state index contributed by atoms with van der Waals surface area (Å²) < 4.78 is 10.5. The molecule has 0 fully saturated rings. The number of carbonyl (C=O) groups excluding carboxylic acids is 1. The lowest BCUT2D eigenvalue weighted by Gasteiger charge is -2.21. The van der Waals surface area contributed by atoms with Crippen molar-refractivity contribution in [3.05, 3.63) is 59.7 Å². The first-order valence-electron chi connectivity index (χ1n) is 9.68. The number of fused-ring (bicyclic) bond motifs is 1. The lowest BCUT2D eigenvalue weighted by Crippen LogP contribution is -2.24. The van der Waals surface area contributed by atoms with Crippen LogP contribution in [0, 0.1) is 0 Å². The van der Waals surface area contributed by atoms with E-state index in [1.54, 1.807) is 31.5 Å². The molecule has 4 rings (SSSR count). The maximum Gasteiger partial charge on any atom is 0.260 e. The fourth-order valence-corrected chi connectivity index (χ4v) is 3.42. The van der Waals surface area contributed by atoms with E-state index in [1.807, 2.05) is 30.3 Å². The second kappa shape index (κ2) is 7.40. The summed E-state index contributed by atoms with van der Waals surface area (Å²) in [6.07, 6.45) is 3.43. The molecule has 0 aliphatic carbocycles. The van der Waals surface area contributed by atoms with Gasteiger partial charge in [-0.05, 0) is 30.3 Å². The van der Waals surface area contributed by atoms with E-state index in [0.29, 0.717) is 23.7 Å². The summed E-state index contributed by atoms with van der Waals surface area (Å²) >= 11 is 0. The molecule has 0 aromatic carbocycles. The number of rotatable bonds is 4. The van der Waals surface area contributed by atoms with Crippen LogP contribution in [-0.4, -0.2) is 35.1 Å². The minimum atomic E-state index is -0.0997. The Morgan fingerprint density at radius 1 is 1.03 bits per heavy atom. The van der Waals surface area contributed by atoms with Gasteiger partial charge in [0, 0.05) is 34.8 Å². The number of aromatic nitrogens is 3. The number of nitrogens with zero attached hydrogens (tertiary/aromatic N) is 4. The van der Waals surface area contributed by atoms with Gasteiger partial charge in [-0.15, -0.1) is 0 Å². The Hall–Kier alpha value is -3.48. The highest BCUT2D eigenvalue weighted by Gasteiger charge is 2.31.